The lowest BCUT2D eigenvalue weighted by Crippen LogP contribution is -2.49. The minimum atomic E-state index is -0.0646. The number of aromatic nitrogens is 4. The normalized spacial score (nSPS) is 14.8. The highest BCUT2D eigenvalue weighted by molar-refractivity contribution is 6.33. The molecule has 0 aliphatic carbocycles. The maximum absolute atomic E-state index is 12.3. The average molecular weight is 412 g/mol. The second-order valence-corrected chi connectivity index (χ2v) is 7.35. The lowest BCUT2D eigenvalue weighted by Gasteiger charge is -2.34. The number of para-hydroxylation sites is 1. The zero-order valence-corrected chi connectivity index (χ0v) is 16.9. The predicted molar refractivity (Wildman–Crippen MR) is 113 cm³/mol. The molecule has 1 aliphatic heterocycles. The number of carbonyl (C=O) groups excluding carboxylic acids is 1. The number of nitrogens with zero attached hydrogens (tertiary/aromatic N) is 6. The Morgan fingerprint density at radius 3 is 2.41 bits per heavy atom. The van der Waals surface area contributed by atoms with Gasteiger partial charge in [-0.15, -0.1) is 10.2 Å². The minimum absolute atomic E-state index is 0.0646. The number of benzene rings is 1. The van der Waals surface area contributed by atoms with Crippen LogP contribution in [0.1, 0.15) is 5.69 Å². The molecule has 3 aromatic rings. The van der Waals surface area contributed by atoms with Crippen LogP contribution < -0.4 is 10.2 Å². The van der Waals surface area contributed by atoms with E-state index in [1.807, 2.05) is 43.5 Å². The number of amides is 1. The van der Waals surface area contributed by atoms with E-state index in [0.717, 1.165) is 37.7 Å². The van der Waals surface area contributed by atoms with E-state index in [1.165, 1.54) is 0 Å². The van der Waals surface area contributed by atoms with E-state index in [4.69, 9.17) is 11.6 Å². The first-order valence-corrected chi connectivity index (χ1v) is 9.84. The zero-order valence-electron chi connectivity index (χ0n) is 16.1. The molecule has 1 amide bonds. The predicted octanol–water partition coefficient (Wildman–Crippen LogP) is 2.38. The van der Waals surface area contributed by atoms with Crippen molar-refractivity contribution in [2.24, 2.45) is 0 Å². The van der Waals surface area contributed by atoms with Crippen LogP contribution in [-0.2, 0) is 4.79 Å². The third-order valence-corrected chi connectivity index (χ3v) is 5.13. The number of anilines is 2. The molecule has 1 saturated heterocycles. The van der Waals surface area contributed by atoms with E-state index in [0.29, 0.717) is 23.1 Å². The van der Waals surface area contributed by atoms with Gasteiger partial charge in [-0.1, -0.05) is 23.7 Å². The highest BCUT2D eigenvalue weighted by Gasteiger charge is 2.20. The maximum Gasteiger partial charge on any atom is 0.238 e. The second kappa shape index (κ2) is 8.59. The van der Waals surface area contributed by atoms with Gasteiger partial charge in [0, 0.05) is 32.4 Å². The van der Waals surface area contributed by atoms with Crippen molar-refractivity contribution in [3.63, 3.8) is 0 Å². The molecule has 150 valence electrons. The molecule has 8 nitrogen and oxygen atoms in total. The van der Waals surface area contributed by atoms with E-state index < -0.39 is 0 Å². The van der Waals surface area contributed by atoms with Crippen molar-refractivity contribution in [1.82, 2.24) is 24.9 Å². The fourth-order valence-electron chi connectivity index (χ4n) is 3.24. The third kappa shape index (κ3) is 4.72. The van der Waals surface area contributed by atoms with Gasteiger partial charge in [-0.25, -0.2) is 4.68 Å². The fraction of sp³-hybridized carbons (Fsp3) is 0.300. The Morgan fingerprint density at radius 2 is 1.76 bits per heavy atom. The number of hydrogen-bond acceptors (Lipinski definition) is 6. The van der Waals surface area contributed by atoms with Crippen molar-refractivity contribution in [3.8, 4) is 5.82 Å². The Bertz CT molecular complexity index is 981. The Labute approximate surface area is 174 Å². The summed E-state index contributed by atoms with van der Waals surface area (Å²) in [5.74, 6) is 1.46. The van der Waals surface area contributed by atoms with Gasteiger partial charge in [-0.3, -0.25) is 9.69 Å². The SMILES string of the molecule is Cc1ccn(-c2ccc(N3CCN(CC(=O)Nc4ccccc4Cl)CC3)nn2)n1. The Hall–Kier alpha value is -2.97. The molecule has 0 saturated carbocycles. The Morgan fingerprint density at radius 1 is 1.03 bits per heavy atom. The highest BCUT2D eigenvalue weighted by Crippen LogP contribution is 2.20. The molecule has 0 atom stereocenters. The lowest BCUT2D eigenvalue weighted by atomic mass is 10.3. The number of rotatable bonds is 5. The fourth-order valence-corrected chi connectivity index (χ4v) is 3.43. The number of carbonyl (C=O) groups is 1. The number of halogens is 1. The van der Waals surface area contributed by atoms with Gasteiger partial charge in [0.1, 0.15) is 0 Å². The van der Waals surface area contributed by atoms with E-state index in [-0.39, 0.29) is 5.91 Å². The second-order valence-electron chi connectivity index (χ2n) is 6.94. The first kappa shape index (κ1) is 19.4. The summed E-state index contributed by atoms with van der Waals surface area (Å²) in [6.07, 6.45) is 1.87. The molecule has 0 bridgehead atoms. The van der Waals surface area contributed by atoms with Crippen LogP contribution in [0.3, 0.4) is 0 Å². The van der Waals surface area contributed by atoms with Gasteiger partial charge in [0.25, 0.3) is 0 Å². The summed E-state index contributed by atoms with van der Waals surface area (Å²) in [6, 6.07) is 13.0. The molecule has 0 unspecified atom stereocenters. The molecule has 1 aliphatic rings. The zero-order chi connectivity index (χ0) is 20.2. The van der Waals surface area contributed by atoms with Crippen LogP contribution in [0, 0.1) is 6.92 Å². The molecule has 1 fully saturated rings. The van der Waals surface area contributed by atoms with Crippen LogP contribution in [0.25, 0.3) is 5.82 Å². The molecule has 1 N–H and O–H groups in total. The van der Waals surface area contributed by atoms with Crippen molar-refractivity contribution in [2.75, 3.05) is 42.9 Å². The van der Waals surface area contributed by atoms with Crippen molar-refractivity contribution < 1.29 is 4.79 Å². The summed E-state index contributed by atoms with van der Waals surface area (Å²) in [5.41, 5.74) is 1.58. The highest BCUT2D eigenvalue weighted by atomic mass is 35.5. The molecular formula is C20H22ClN7O. The molecule has 0 spiro atoms. The number of hydrogen-bond donors (Lipinski definition) is 1. The van der Waals surface area contributed by atoms with Gasteiger partial charge in [0.15, 0.2) is 11.6 Å². The molecular weight excluding hydrogens is 390 g/mol. The summed E-state index contributed by atoms with van der Waals surface area (Å²) in [4.78, 5) is 16.6. The standard InChI is InChI=1S/C20H22ClN7O/c1-15-8-9-28(25-15)19-7-6-18(23-24-19)27-12-10-26(11-13-27)14-20(29)22-17-5-3-2-4-16(17)21/h2-9H,10-14H2,1H3,(H,22,29). The number of aryl methyl sites for hydroxylation is 1. The lowest BCUT2D eigenvalue weighted by molar-refractivity contribution is -0.117. The summed E-state index contributed by atoms with van der Waals surface area (Å²) >= 11 is 6.10. The first-order chi connectivity index (χ1) is 14.1. The van der Waals surface area contributed by atoms with Gasteiger partial charge in [-0.05, 0) is 37.3 Å². The van der Waals surface area contributed by atoms with Gasteiger partial charge in [-0.2, -0.15) is 5.10 Å². The molecule has 2 aromatic heterocycles. The average Bonchev–Trinajstić information content (AvgIpc) is 3.17. The Balaban J connectivity index is 1.29. The minimum Gasteiger partial charge on any atom is -0.353 e. The quantitative estimate of drug-likeness (QED) is 0.694. The summed E-state index contributed by atoms with van der Waals surface area (Å²) in [5, 5.41) is 16.4. The Kier molecular flexibility index (Phi) is 5.73. The van der Waals surface area contributed by atoms with Crippen LogP contribution in [-0.4, -0.2) is 63.5 Å². The van der Waals surface area contributed by atoms with Crippen LogP contribution in [0.4, 0.5) is 11.5 Å². The smallest absolute Gasteiger partial charge is 0.238 e. The van der Waals surface area contributed by atoms with Crippen LogP contribution in [0.2, 0.25) is 5.02 Å². The van der Waals surface area contributed by atoms with Gasteiger partial charge in [0.2, 0.25) is 5.91 Å². The molecule has 4 rings (SSSR count). The largest absolute Gasteiger partial charge is 0.353 e. The van der Waals surface area contributed by atoms with Crippen molar-refractivity contribution in [3.05, 3.63) is 59.4 Å². The molecule has 3 heterocycles. The van der Waals surface area contributed by atoms with E-state index in [1.54, 1.807) is 16.8 Å². The van der Waals surface area contributed by atoms with Crippen LogP contribution >= 0.6 is 11.6 Å². The van der Waals surface area contributed by atoms with Crippen molar-refractivity contribution >= 4 is 29.0 Å². The third-order valence-electron chi connectivity index (χ3n) is 4.80. The van der Waals surface area contributed by atoms with Gasteiger partial charge < -0.3 is 10.2 Å². The van der Waals surface area contributed by atoms with Crippen molar-refractivity contribution in [2.45, 2.75) is 6.92 Å². The topological polar surface area (TPSA) is 79.2 Å². The first-order valence-electron chi connectivity index (χ1n) is 9.46. The molecule has 29 heavy (non-hydrogen) atoms. The summed E-state index contributed by atoms with van der Waals surface area (Å²) in [6.45, 7) is 5.40. The maximum atomic E-state index is 12.3. The molecule has 1 aromatic carbocycles. The van der Waals surface area contributed by atoms with E-state index in [2.05, 4.69) is 30.4 Å². The van der Waals surface area contributed by atoms with E-state index >= 15 is 0 Å². The molecule has 9 heteroatoms. The van der Waals surface area contributed by atoms with Crippen LogP contribution in [0.15, 0.2) is 48.7 Å². The van der Waals surface area contributed by atoms with Crippen LogP contribution in [0.5, 0.6) is 0 Å². The number of piperazine rings is 1. The van der Waals surface area contributed by atoms with Gasteiger partial charge in [0.05, 0.1) is 22.9 Å². The van der Waals surface area contributed by atoms with Gasteiger partial charge >= 0.3 is 0 Å². The summed E-state index contributed by atoms with van der Waals surface area (Å²) in [7, 11) is 0. The monoisotopic (exact) mass is 411 g/mol. The number of nitrogens with one attached hydrogen (secondary N) is 1. The van der Waals surface area contributed by atoms with E-state index in [9.17, 15) is 4.79 Å². The van der Waals surface area contributed by atoms with Crippen molar-refractivity contribution in [1.29, 1.82) is 0 Å². The molecule has 0 radical (unpaired) electrons. The summed E-state index contributed by atoms with van der Waals surface area (Å²) < 4.78 is 1.71.